The zero-order valence-electron chi connectivity index (χ0n) is 8.01. The van der Waals surface area contributed by atoms with Gasteiger partial charge in [-0.25, -0.2) is 4.79 Å². The quantitative estimate of drug-likeness (QED) is 0.556. The van der Waals surface area contributed by atoms with Gasteiger partial charge in [-0.15, -0.1) is 0 Å². The van der Waals surface area contributed by atoms with Crippen LogP contribution in [0.3, 0.4) is 0 Å². The number of methoxy groups -OCH3 is 1. The van der Waals surface area contributed by atoms with Crippen molar-refractivity contribution in [3.05, 3.63) is 34.2 Å². The Labute approximate surface area is 85.1 Å². The molecule has 0 aromatic carbocycles. The van der Waals surface area contributed by atoms with Crippen molar-refractivity contribution in [3.63, 3.8) is 0 Å². The Morgan fingerprint density at radius 2 is 2.20 bits per heavy atom. The number of pyridine rings is 1. The molecule has 6 heteroatoms. The van der Waals surface area contributed by atoms with E-state index in [-0.39, 0.29) is 11.1 Å². The fourth-order valence-corrected chi connectivity index (χ4v) is 1.05. The van der Waals surface area contributed by atoms with Crippen LogP contribution in [0.2, 0.25) is 0 Å². The standard InChI is InChI=1S/C9H11NO5/c1-15-9(14)8(13)7(12)6-4-5(11)2-3-10-6/h2-4,7-8,12-13H,1H3,(H,10,11). The van der Waals surface area contributed by atoms with Gasteiger partial charge in [0, 0.05) is 18.3 Å². The van der Waals surface area contributed by atoms with Gasteiger partial charge in [0.25, 0.3) is 0 Å². The Kier molecular flexibility index (Phi) is 3.59. The minimum Gasteiger partial charge on any atom is -0.467 e. The van der Waals surface area contributed by atoms with E-state index in [0.717, 1.165) is 13.2 Å². The lowest BCUT2D eigenvalue weighted by Crippen LogP contribution is -2.30. The highest BCUT2D eigenvalue weighted by molar-refractivity contribution is 5.75. The number of hydrogen-bond donors (Lipinski definition) is 3. The van der Waals surface area contributed by atoms with E-state index in [4.69, 9.17) is 0 Å². The van der Waals surface area contributed by atoms with E-state index in [1.807, 2.05) is 0 Å². The highest BCUT2D eigenvalue weighted by Crippen LogP contribution is 2.13. The maximum atomic E-state index is 10.9. The molecule has 3 N–H and O–H groups in total. The van der Waals surface area contributed by atoms with Crippen LogP contribution in [0.4, 0.5) is 0 Å². The lowest BCUT2D eigenvalue weighted by Gasteiger charge is -2.15. The molecule has 0 saturated carbocycles. The molecule has 0 spiro atoms. The summed E-state index contributed by atoms with van der Waals surface area (Å²) in [5.74, 6) is -0.966. The van der Waals surface area contributed by atoms with Crippen molar-refractivity contribution in [2.24, 2.45) is 0 Å². The Balaban J connectivity index is 2.89. The number of carbonyl (C=O) groups excluding carboxylic acids is 1. The van der Waals surface area contributed by atoms with Crippen LogP contribution in [-0.2, 0) is 9.53 Å². The average Bonchev–Trinajstić information content (AvgIpc) is 2.26. The number of ether oxygens (including phenoxy) is 1. The normalized spacial score (nSPS) is 14.3. The number of aliphatic hydroxyl groups is 2. The van der Waals surface area contributed by atoms with Gasteiger partial charge >= 0.3 is 5.97 Å². The number of nitrogens with one attached hydrogen (secondary N) is 1. The number of hydrogen-bond acceptors (Lipinski definition) is 5. The van der Waals surface area contributed by atoms with Gasteiger partial charge < -0.3 is 19.9 Å². The molecular weight excluding hydrogens is 202 g/mol. The predicted molar refractivity (Wildman–Crippen MR) is 50.0 cm³/mol. The third kappa shape index (κ3) is 2.64. The van der Waals surface area contributed by atoms with Gasteiger partial charge in [-0.2, -0.15) is 0 Å². The molecule has 0 aliphatic carbocycles. The monoisotopic (exact) mass is 213 g/mol. The molecule has 1 aromatic heterocycles. The van der Waals surface area contributed by atoms with Gasteiger partial charge in [0.15, 0.2) is 11.5 Å². The molecule has 1 aromatic rings. The Morgan fingerprint density at radius 1 is 1.53 bits per heavy atom. The summed E-state index contributed by atoms with van der Waals surface area (Å²) in [6.45, 7) is 0. The minimum absolute atomic E-state index is 0.0559. The maximum absolute atomic E-state index is 10.9. The summed E-state index contributed by atoms with van der Waals surface area (Å²) in [4.78, 5) is 24.4. The van der Waals surface area contributed by atoms with Crippen LogP contribution in [0.1, 0.15) is 11.8 Å². The summed E-state index contributed by atoms with van der Waals surface area (Å²) in [6.07, 6.45) is -1.91. The van der Waals surface area contributed by atoms with Crippen LogP contribution in [0.15, 0.2) is 23.1 Å². The third-order valence-electron chi connectivity index (χ3n) is 1.86. The van der Waals surface area contributed by atoms with Gasteiger partial charge in [-0.05, 0) is 0 Å². The smallest absolute Gasteiger partial charge is 0.337 e. The van der Waals surface area contributed by atoms with Crippen LogP contribution >= 0.6 is 0 Å². The number of aromatic amines is 1. The van der Waals surface area contributed by atoms with Crippen LogP contribution in [0.25, 0.3) is 0 Å². The van der Waals surface area contributed by atoms with Crippen LogP contribution in [0, 0.1) is 0 Å². The molecule has 1 heterocycles. The van der Waals surface area contributed by atoms with Gasteiger partial charge in [-0.3, -0.25) is 4.79 Å². The van der Waals surface area contributed by atoms with E-state index in [2.05, 4.69) is 9.72 Å². The van der Waals surface area contributed by atoms with E-state index >= 15 is 0 Å². The van der Waals surface area contributed by atoms with Gasteiger partial charge in [-0.1, -0.05) is 0 Å². The number of carbonyl (C=O) groups is 1. The van der Waals surface area contributed by atoms with Crippen molar-refractivity contribution in [3.8, 4) is 0 Å². The van der Waals surface area contributed by atoms with Crippen molar-refractivity contribution >= 4 is 5.97 Å². The van der Waals surface area contributed by atoms with Crippen molar-refractivity contribution in [2.45, 2.75) is 12.2 Å². The molecule has 0 saturated heterocycles. The lowest BCUT2D eigenvalue weighted by atomic mass is 10.1. The molecule has 2 unspecified atom stereocenters. The van der Waals surface area contributed by atoms with Crippen molar-refractivity contribution in [2.75, 3.05) is 7.11 Å². The number of aromatic nitrogens is 1. The van der Waals surface area contributed by atoms with Crippen molar-refractivity contribution in [1.29, 1.82) is 0 Å². The fourth-order valence-electron chi connectivity index (χ4n) is 1.05. The second-order valence-corrected chi connectivity index (χ2v) is 2.89. The number of rotatable bonds is 3. The zero-order valence-corrected chi connectivity index (χ0v) is 8.01. The molecule has 6 nitrogen and oxygen atoms in total. The molecule has 0 aliphatic rings. The molecular formula is C9H11NO5. The molecule has 0 amide bonds. The molecule has 0 bridgehead atoms. The third-order valence-corrected chi connectivity index (χ3v) is 1.86. The summed E-state index contributed by atoms with van der Waals surface area (Å²) in [7, 11) is 1.09. The summed E-state index contributed by atoms with van der Waals surface area (Å²) >= 11 is 0. The molecule has 0 radical (unpaired) electrons. The number of H-pyrrole nitrogens is 1. The van der Waals surface area contributed by atoms with Gasteiger partial charge in [0.1, 0.15) is 6.10 Å². The zero-order chi connectivity index (χ0) is 11.4. The van der Waals surface area contributed by atoms with Gasteiger partial charge in [0.2, 0.25) is 0 Å². The van der Waals surface area contributed by atoms with Crippen molar-refractivity contribution in [1.82, 2.24) is 4.98 Å². The minimum atomic E-state index is -1.71. The fraction of sp³-hybridized carbons (Fsp3) is 0.333. The summed E-state index contributed by atoms with van der Waals surface area (Å²) in [5, 5.41) is 18.8. The number of esters is 1. The molecule has 0 aliphatic heterocycles. The second kappa shape index (κ2) is 4.72. The first-order valence-electron chi connectivity index (χ1n) is 4.19. The Hall–Kier alpha value is -1.66. The molecule has 1 rings (SSSR count). The number of aliphatic hydroxyl groups excluding tert-OH is 2. The first-order chi connectivity index (χ1) is 7.06. The first-order valence-corrected chi connectivity index (χ1v) is 4.19. The highest BCUT2D eigenvalue weighted by Gasteiger charge is 2.26. The Bertz CT molecular complexity index is 399. The summed E-state index contributed by atoms with van der Waals surface area (Å²) < 4.78 is 4.24. The molecule has 15 heavy (non-hydrogen) atoms. The molecule has 2 atom stereocenters. The van der Waals surface area contributed by atoms with E-state index in [0.29, 0.717) is 0 Å². The van der Waals surface area contributed by atoms with Crippen molar-refractivity contribution < 1.29 is 19.7 Å². The highest BCUT2D eigenvalue weighted by atomic mass is 16.5. The van der Waals surface area contributed by atoms with E-state index in [1.54, 1.807) is 0 Å². The largest absolute Gasteiger partial charge is 0.467 e. The summed E-state index contributed by atoms with van der Waals surface area (Å²) in [5.41, 5.74) is -0.278. The lowest BCUT2D eigenvalue weighted by molar-refractivity contribution is -0.157. The van der Waals surface area contributed by atoms with Gasteiger partial charge in [0.05, 0.1) is 12.8 Å². The summed E-state index contributed by atoms with van der Waals surface area (Å²) in [6, 6.07) is 2.34. The van der Waals surface area contributed by atoms with E-state index in [9.17, 15) is 19.8 Å². The molecule has 82 valence electrons. The average molecular weight is 213 g/mol. The SMILES string of the molecule is COC(=O)C(O)C(O)c1cc(=O)cc[nH]1. The second-order valence-electron chi connectivity index (χ2n) is 2.89. The van der Waals surface area contributed by atoms with Crippen LogP contribution in [0.5, 0.6) is 0 Å². The predicted octanol–water partition coefficient (Wildman–Crippen LogP) is -1.06. The first kappa shape index (κ1) is 11.4. The topological polar surface area (TPSA) is 99.6 Å². The molecule has 0 fully saturated rings. The van der Waals surface area contributed by atoms with Crippen LogP contribution in [-0.4, -0.2) is 34.4 Å². The van der Waals surface area contributed by atoms with E-state index < -0.39 is 18.2 Å². The van der Waals surface area contributed by atoms with Crippen LogP contribution < -0.4 is 5.43 Å². The Morgan fingerprint density at radius 3 is 2.73 bits per heavy atom. The maximum Gasteiger partial charge on any atom is 0.337 e. The van der Waals surface area contributed by atoms with E-state index in [1.165, 1.54) is 12.3 Å².